The van der Waals surface area contributed by atoms with Crippen LogP contribution in [0.3, 0.4) is 0 Å². The normalized spacial score (nSPS) is 10.2. The lowest BCUT2D eigenvalue weighted by molar-refractivity contribution is 0.0504. The fourth-order valence-corrected chi connectivity index (χ4v) is 2.17. The molecule has 0 unspecified atom stereocenters. The van der Waals surface area contributed by atoms with Crippen LogP contribution in [0.4, 0.5) is 4.39 Å². The Bertz CT molecular complexity index is 713. The van der Waals surface area contributed by atoms with Crippen LogP contribution >= 0.6 is 15.9 Å². The second kappa shape index (κ2) is 7.87. The van der Waals surface area contributed by atoms with Crippen molar-refractivity contribution in [3.05, 3.63) is 63.9 Å². The third-order valence-corrected chi connectivity index (χ3v) is 3.51. The molecule has 0 aliphatic rings. The Morgan fingerprint density at radius 3 is 2.22 bits per heavy atom. The highest BCUT2D eigenvalue weighted by Gasteiger charge is 2.13. The number of hydrogen-bond donors (Lipinski definition) is 0. The topological polar surface area (TPSA) is 52.6 Å². The first kappa shape index (κ1) is 17.1. The predicted molar refractivity (Wildman–Crippen MR) is 86.1 cm³/mol. The van der Waals surface area contributed by atoms with Gasteiger partial charge in [0.1, 0.15) is 11.6 Å². The van der Waals surface area contributed by atoms with Crippen LogP contribution in [-0.4, -0.2) is 18.5 Å². The molecule has 6 heteroatoms. The van der Waals surface area contributed by atoms with Gasteiger partial charge < -0.3 is 9.47 Å². The Kier molecular flexibility index (Phi) is 5.87. The third kappa shape index (κ3) is 4.63. The van der Waals surface area contributed by atoms with E-state index in [1.807, 2.05) is 6.92 Å². The minimum absolute atomic E-state index is 0.211. The van der Waals surface area contributed by atoms with Gasteiger partial charge in [0.2, 0.25) is 0 Å². The van der Waals surface area contributed by atoms with Crippen LogP contribution in [0.1, 0.15) is 34.1 Å². The largest absolute Gasteiger partial charge is 0.462 e. The van der Waals surface area contributed by atoms with Crippen molar-refractivity contribution in [2.75, 3.05) is 6.61 Å². The lowest BCUT2D eigenvalue weighted by Gasteiger charge is -2.07. The summed E-state index contributed by atoms with van der Waals surface area (Å²) in [5, 5.41) is 0. The second-order valence-corrected chi connectivity index (χ2v) is 5.53. The number of benzene rings is 2. The smallest absolute Gasteiger partial charge is 0.343 e. The standard InChI is InChI=1S/C17H14BrFO4/c1-2-9-22-16(20)11-3-5-12(6-4-11)17(21)23-15-8-7-13(19)10-14(15)18/h3-8,10H,2,9H2,1H3. The summed E-state index contributed by atoms with van der Waals surface area (Å²) < 4.78 is 23.5. The summed E-state index contributed by atoms with van der Waals surface area (Å²) in [5.41, 5.74) is 0.631. The highest BCUT2D eigenvalue weighted by atomic mass is 79.9. The molecule has 4 nitrogen and oxygen atoms in total. The van der Waals surface area contributed by atoms with E-state index in [0.29, 0.717) is 16.6 Å². The van der Waals surface area contributed by atoms with Gasteiger partial charge in [0.15, 0.2) is 0 Å². The molecule has 2 aromatic carbocycles. The van der Waals surface area contributed by atoms with Crippen LogP contribution in [0.5, 0.6) is 5.75 Å². The highest BCUT2D eigenvalue weighted by Crippen LogP contribution is 2.26. The number of rotatable bonds is 5. The van der Waals surface area contributed by atoms with E-state index >= 15 is 0 Å². The van der Waals surface area contributed by atoms with Gasteiger partial charge in [0.25, 0.3) is 0 Å². The monoisotopic (exact) mass is 380 g/mol. The maximum Gasteiger partial charge on any atom is 0.343 e. The molecule has 0 atom stereocenters. The summed E-state index contributed by atoms with van der Waals surface area (Å²) in [6.07, 6.45) is 0.739. The van der Waals surface area contributed by atoms with Gasteiger partial charge in [-0.3, -0.25) is 0 Å². The van der Waals surface area contributed by atoms with E-state index in [2.05, 4.69) is 15.9 Å². The Hall–Kier alpha value is -2.21. The maximum atomic E-state index is 13.0. The molecular weight excluding hydrogens is 367 g/mol. The van der Waals surface area contributed by atoms with Gasteiger partial charge in [0.05, 0.1) is 22.2 Å². The SMILES string of the molecule is CCCOC(=O)c1ccc(C(=O)Oc2ccc(F)cc2Br)cc1. The first-order valence-corrected chi connectivity index (χ1v) is 7.75. The molecule has 0 spiro atoms. The number of halogens is 2. The van der Waals surface area contributed by atoms with Crippen molar-refractivity contribution in [1.29, 1.82) is 0 Å². The zero-order valence-corrected chi connectivity index (χ0v) is 13.9. The van der Waals surface area contributed by atoms with Crippen LogP contribution < -0.4 is 4.74 Å². The van der Waals surface area contributed by atoms with Crippen LogP contribution in [0.15, 0.2) is 46.9 Å². The van der Waals surface area contributed by atoms with Crippen LogP contribution in [0.25, 0.3) is 0 Å². The van der Waals surface area contributed by atoms with Gasteiger partial charge in [0, 0.05) is 0 Å². The van der Waals surface area contributed by atoms with E-state index in [9.17, 15) is 14.0 Å². The van der Waals surface area contributed by atoms with E-state index in [-0.39, 0.29) is 11.3 Å². The summed E-state index contributed by atoms with van der Waals surface area (Å²) in [6, 6.07) is 9.69. The first-order valence-electron chi connectivity index (χ1n) is 6.95. The molecule has 0 radical (unpaired) electrons. The average molecular weight is 381 g/mol. The van der Waals surface area contributed by atoms with Gasteiger partial charge in [-0.1, -0.05) is 6.92 Å². The molecule has 0 saturated heterocycles. The van der Waals surface area contributed by atoms with Crippen molar-refractivity contribution in [3.63, 3.8) is 0 Å². The van der Waals surface area contributed by atoms with Crippen molar-refractivity contribution in [1.82, 2.24) is 0 Å². The molecule has 0 saturated carbocycles. The zero-order valence-electron chi connectivity index (χ0n) is 12.3. The number of esters is 2. The summed E-state index contributed by atoms with van der Waals surface area (Å²) in [4.78, 5) is 23.7. The van der Waals surface area contributed by atoms with E-state index in [0.717, 1.165) is 6.42 Å². The molecule has 0 N–H and O–H groups in total. The minimum atomic E-state index is -0.606. The molecule has 120 valence electrons. The number of carbonyl (C=O) groups excluding carboxylic acids is 2. The van der Waals surface area contributed by atoms with Crippen molar-refractivity contribution >= 4 is 27.9 Å². The van der Waals surface area contributed by atoms with Gasteiger partial charge in [-0.2, -0.15) is 0 Å². The highest BCUT2D eigenvalue weighted by molar-refractivity contribution is 9.10. The fraction of sp³-hybridized carbons (Fsp3) is 0.176. The molecule has 0 aliphatic carbocycles. The van der Waals surface area contributed by atoms with Crippen molar-refractivity contribution in [2.45, 2.75) is 13.3 Å². The summed E-state index contributed by atoms with van der Waals surface area (Å²) in [5.74, 6) is -1.27. The molecule has 2 rings (SSSR count). The average Bonchev–Trinajstić information content (AvgIpc) is 2.55. The molecule has 2 aromatic rings. The lowest BCUT2D eigenvalue weighted by atomic mass is 10.1. The fourth-order valence-electron chi connectivity index (χ4n) is 1.74. The van der Waals surface area contributed by atoms with Crippen molar-refractivity contribution < 1.29 is 23.5 Å². The Morgan fingerprint density at radius 2 is 1.65 bits per heavy atom. The van der Waals surface area contributed by atoms with E-state index in [1.54, 1.807) is 0 Å². The molecule has 23 heavy (non-hydrogen) atoms. The maximum absolute atomic E-state index is 13.0. The van der Waals surface area contributed by atoms with Crippen molar-refractivity contribution in [3.8, 4) is 5.75 Å². The van der Waals surface area contributed by atoms with Crippen LogP contribution in [0.2, 0.25) is 0 Å². The molecular formula is C17H14BrFO4. The molecule has 0 aliphatic heterocycles. The molecule has 0 heterocycles. The Balaban J connectivity index is 2.06. The van der Waals surface area contributed by atoms with Gasteiger partial charge in [-0.25, -0.2) is 14.0 Å². The first-order chi connectivity index (χ1) is 11.0. The number of ether oxygens (including phenoxy) is 2. The quantitative estimate of drug-likeness (QED) is 0.570. The van der Waals surface area contributed by atoms with Gasteiger partial charge in [-0.05, 0) is 64.8 Å². The predicted octanol–water partition coefficient (Wildman–Crippen LogP) is 4.37. The van der Waals surface area contributed by atoms with Crippen LogP contribution in [0, 0.1) is 5.82 Å². The van der Waals surface area contributed by atoms with E-state index in [4.69, 9.17) is 9.47 Å². The summed E-state index contributed by atoms with van der Waals surface area (Å²) in [6.45, 7) is 2.25. The summed E-state index contributed by atoms with van der Waals surface area (Å²) in [7, 11) is 0. The summed E-state index contributed by atoms with van der Waals surface area (Å²) >= 11 is 3.12. The lowest BCUT2D eigenvalue weighted by Crippen LogP contribution is -2.10. The molecule has 0 fully saturated rings. The molecule has 0 amide bonds. The van der Waals surface area contributed by atoms with E-state index in [1.165, 1.54) is 42.5 Å². The number of carbonyl (C=O) groups is 2. The third-order valence-electron chi connectivity index (χ3n) is 2.89. The minimum Gasteiger partial charge on any atom is -0.462 e. The number of hydrogen-bond acceptors (Lipinski definition) is 4. The van der Waals surface area contributed by atoms with Crippen molar-refractivity contribution in [2.24, 2.45) is 0 Å². The zero-order chi connectivity index (χ0) is 16.8. The molecule has 0 aromatic heterocycles. The second-order valence-electron chi connectivity index (χ2n) is 4.68. The van der Waals surface area contributed by atoms with Crippen LogP contribution in [-0.2, 0) is 4.74 Å². The van der Waals surface area contributed by atoms with Gasteiger partial charge in [-0.15, -0.1) is 0 Å². The van der Waals surface area contributed by atoms with E-state index < -0.39 is 17.8 Å². The Morgan fingerprint density at radius 1 is 1.04 bits per heavy atom. The van der Waals surface area contributed by atoms with Gasteiger partial charge >= 0.3 is 11.9 Å². The Labute approximate surface area is 141 Å². The molecule has 0 bridgehead atoms.